The first kappa shape index (κ1) is 10.8. The highest BCUT2D eigenvalue weighted by atomic mass is 35.5. The number of likely N-dealkylation sites (N-methyl/N-ethyl adjacent to an activating group) is 1. The molecule has 13 heavy (non-hydrogen) atoms. The maximum absolute atomic E-state index is 5.81. The fraction of sp³-hybridized carbons (Fsp3) is 0.400. The third-order valence-corrected chi connectivity index (χ3v) is 2.87. The highest BCUT2D eigenvalue weighted by Crippen LogP contribution is 2.22. The lowest BCUT2D eigenvalue weighted by Crippen LogP contribution is -2.22. The van der Waals surface area contributed by atoms with Crippen LogP contribution in [0.3, 0.4) is 0 Å². The van der Waals surface area contributed by atoms with Gasteiger partial charge in [0.25, 0.3) is 0 Å². The van der Waals surface area contributed by atoms with Crippen LogP contribution in [0.2, 0.25) is 4.34 Å². The Morgan fingerprint density at radius 3 is 2.92 bits per heavy atom. The second-order valence-electron chi connectivity index (χ2n) is 2.85. The zero-order chi connectivity index (χ0) is 9.68. The molecule has 0 fully saturated rings. The van der Waals surface area contributed by atoms with Crippen LogP contribution in [-0.4, -0.2) is 12.6 Å². The van der Waals surface area contributed by atoms with E-state index in [9.17, 15) is 0 Å². The Balaban J connectivity index is 2.48. The molecular weight excluding hydrogens is 202 g/mol. The lowest BCUT2D eigenvalue weighted by atomic mass is 10.3. The van der Waals surface area contributed by atoms with Gasteiger partial charge >= 0.3 is 0 Å². The van der Waals surface area contributed by atoms with Crippen LogP contribution < -0.4 is 5.32 Å². The highest BCUT2D eigenvalue weighted by Gasteiger charge is 1.95. The van der Waals surface area contributed by atoms with Gasteiger partial charge in [-0.15, -0.1) is 11.3 Å². The average molecular weight is 216 g/mol. The lowest BCUT2D eigenvalue weighted by Gasteiger charge is -2.04. The van der Waals surface area contributed by atoms with Crippen LogP contribution >= 0.6 is 22.9 Å². The molecule has 0 bridgehead atoms. The molecule has 0 saturated carbocycles. The van der Waals surface area contributed by atoms with E-state index in [0.29, 0.717) is 6.04 Å². The van der Waals surface area contributed by atoms with E-state index < -0.39 is 0 Å². The predicted molar refractivity (Wildman–Crippen MR) is 61.5 cm³/mol. The minimum Gasteiger partial charge on any atom is -0.311 e. The third-order valence-electron chi connectivity index (χ3n) is 1.67. The molecule has 1 N–H and O–H groups in total. The van der Waals surface area contributed by atoms with E-state index in [2.05, 4.69) is 31.3 Å². The molecule has 0 radical (unpaired) electrons. The van der Waals surface area contributed by atoms with Crippen molar-refractivity contribution in [2.45, 2.75) is 19.9 Å². The molecule has 0 saturated heterocycles. The van der Waals surface area contributed by atoms with E-state index in [-0.39, 0.29) is 0 Å². The molecule has 1 aromatic rings. The molecule has 3 heteroatoms. The molecule has 1 aromatic heterocycles. The SMILES string of the molecule is CCNC(C)/C=C/c1ccc(Cl)s1. The summed E-state index contributed by atoms with van der Waals surface area (Å²) < 4.78 is 0.843. The van der Waals surface area contributed by atoms with Gasteiger partial charge < -0.3 is 5.32 Å². The fourth-order valence-corrected chi connectivity index (χ4v) is 2.02. The average Bonchev–Trinajstić information content (AvgIpc) is 2.49. The molecule has 1 atom stereocenters. The second-order valence-corrected chi connectivity index (χ2v) is 4.59. The van der Waals surface area contributed by atoms with Gasteiger partial charge in [0, 0.05) is 10.9 Å². The molecule has 72 valence electrons. The van der Waals surface area contributed by atoms with Gasteiger partial charge in [0.1, 0.15) is 0 Å². The Hall–Kier alpha value is -0.310. The topological polar surface area (TPSA) is 12.0 Å². The molecular formula is C10H14ClNS. The number of halogens is 1. The first-order valence-electron chi connectivity index (χ1n) is 4.39. The number of hydrogen-bond donors (Lipinski definition) is 1. The van der Waals surface area contributed by atoms with Crippen LogP contribution in [0.5, 0.6) is 0 Å². The van der Waals surface area contributed by atoms with Crippen molar-refractivity contribution in [1.82, 2.24) is 5.32 Å². The van der Waals surface area contributed by atoms with Crippen molar-refractivity contribution in [2.75, 3.05) is 6.54 Å². The Morgan fingerprint density at radius 1 is 1.62 bits per heavy atom. The summed E-state index contributed by atoms with van der Waals surface area (Å²) >= 11 is 7.40. The van der Waals surface area contributed by atoms with Crippen molar-refractivity contribution in [3.05, 3.63) is 27.4 Å². The summed E-state index contributed by atoms with van der Waals surface area (Å²) in [5, 5.41) is 3.31. The van der Waals surface area contributed by atoms with Gasteiger partial charge in [0.05, 0.1) is 4.34 Å². The minimum absolute atomic E-state index is 0.422. The van der Waals surface area contributed by atoms with E-state index in [1.165, 1.54) is 4.88 Å². The Morgan fingerprint density at radius 2 is 2.38 bits per heavy atom. The summed E-state index contributed by atoms with van der Waals surface area (Å²) in [7, 11) is 0. The third kappa shape index (κ3) is 3.94. The van der Waals surface area contributed by atoms with Crippen molar-refractivity contribution in [3.8, 4) is 0 Å². The Bertz CT molecular complexity index is 280. The maximum atomic E-state index is 5.81. The van der Waals surface area contributed by atoms with Crippen molar-refractivity contribution >= 4 is 29.0 Å². The van der Waals surface area contributed by atoms with Gasteiger partial charge in [0.15, 0.2) is 0 Å². The van der Waals surface area contributed by atoms with E-state index >= 15 is 0 Å². The molecule has 1 heterocycles. The molecule has 0 amide bonds. The van der Waals surface area contributed by atoms with Crippen LogP contribution in [0.25, 0.3) is 6.08 Å². The van der Waals surface area contributed by atoms with E-state index in [4.69, 9.17) is 11.6 Å². The lowest BCUT2D eigenvalue weighted by molar-refractivity contribution is 0.663. The summed E-state index contributed by atoms with van der Waals surface area (Å²) in [6, 6.07) is 4.37. The van der Waals surface area contributed by atoms with Gasteiger partial charge in [-0.25, -0.2) is 0 Å². The first-order valence-corrected chi connectivity index (χ1v) is 5.58. The van der Waals surface area contributed by atoms with E-state index in [0.717, 1.165) is 10.9 Å². The quantitative estimate of drug-likeness (QED) is 0.812. The number of rotatable bonds is 4. The van der Waals surface area contributed by atoms with Crippen molar-refractivity contribution in [2.24, 2.45) is 0 Å². The number of nitrogens with one attached hydrogen (secondary N) is 1. The zero-order valence-electron chi connectivity index (χ0n) is 7.88. The largest absolute Gasteiger partial charge is 0.311 e. The van der Waals surface area contributed by atoms with Crippen LogP contribution in [0.4, 0.5) is 0 Å². The first-order chi connectivity index (χ1) is 6.22. The van der Waals surface area contributed by atoms with E-state index in [1.807, 2.05) is 12.1 Å². The highest BCUT2D eigenvalue weighted by molar-refractivity contribution is 7.16. The molecule has 1 rings (SSSR count). The Kier molecular flexibility index (Phi) is 4.50. The number of hydrogen-bond acceptors (Lipinski definition) is 2. The summed E-state index contributed by atoms with van der Waals surface area (Å²) in [6.45, 7) is 5.23. The van der Waals surface area contributed by atoms with Crippen LogP contribution in [0.15, 0.2) is 18.2 Å². The fourth-order valence-electron chi connectivity index (χ4n) is 1.05. The van der Waals surface area contributed by atoms with E-state index in [1.54, 1.807) is 11.3 Å². The predicted octanol–water partition coefficient (Wildman–Crippen LogP) is 3.41. The van der Waals surface area contributed by atoms with Gasteiger partial charge in [0.2, 0.25) is 0 Å². The second kappa shape index (κ2) is 5.43. The molecule has 0 aliphatic carbocycles. The molecule has 0 aliphatic heterocycles. The van der Waals surface area contributed by atoms with Crippen molar-refractivity contribution in [1.29, 1.82) is 0 Å². The van der Waals surface area contributed by atoms with Gasteiger partial charge in [-0.3, -0.25) is 0 Å². The molecule has 1 unspecified atom stereocenters. The van der Waals surface area contributed by atoms with Crippen LogP contribution in [0.1, 0.15) is 18.7 Å². The van der Waals surface area contributed by atoms with Crippen LogP contribution in [0, 0.1) is 0 Å². The smallest absolute Gasteiger partial charge is 0.0934 e. The minimum atomic E-state index is 0.422. The summed E-state index contributed by atoms with van der Waals surface area (Å²) in [6.07, 6.45) is 4.25. The monoisotopic (exact) mass is 215 g/mol. The van der Waals surface area contributed by atoms with Gasteiger partial charge in [-0.2, -0.15) is 0 Å². The summed E-state index contributed by atoms with van der Waals surface area (Å²) in [4.78, 5) is 1.20. The molecule has 0 aromatic carbocycles. The zero-order valence-corrected chi connectivity index (χ0v) is 9.45. The van der Waals surface area contributed by atoms with Crippen molar-refractivity contribution in [3.63, 3.8) is 0 Å². The maximum Gasteiger partial charge on any atom is 0.0934 e. The standard InChI is InChI=1S/C10H14ClNS/c1-3-12-8(2)4-5-9-6-7-10(11)13-9/h4-8,12H,3H2,1-2H3/b5-4+. The van der Waals surface area contributed by atoms with Gasteiger partial charge in [-0.1, -0.05) is 24.6 Å². The molecule has 0 aliphatic rings. The summed E-state index contributed by atoms with van der Waals surface area (Å²) in [5.74, 6) is 0. The molecule has 1 nitrogen and oxygen atoms in total. The normalized spacial score (nSPS) is 13.8. The van der Waals surface area contributed by atoms with Crippen molar-refractivity contribution < 1.29 is 0 Å². The Labute approximate surface area is 88.4 Å². The summed E-state index contributed by atoms with van der Waals surface area (Å²) in [5.41, 5.74) is 0. The van der Waals surface area contributed by atoms with Gasteiger partial charge in [-0.05, 0) is 31.7 Å². The number of thiophene rings is 1. The molecule has 0 spiro atoms. The van der Waals surface area contributed by atoms with Crippen LogP contribution in [-0.2, 0) is 0 Å².